The molecule has 1 aromatic carbocycles. The Hall–Kier alpha value is -1.71. The van der Waals surface area contributed by atoms with Gasteiger partial charge in [0.15, 0.2) is 0 Å². The topological polar surface area (TPSA) is 59.6 Å². The third-order valence-electron chi connectivity index (χ3n) is 1.67. The van der Waals surface area contributed by atoms with Crippen LogP contribution in [0.25, 0.3) is 0 Å². The van der Waals surface area contributed by atoms with Gasteiger partial charge in [-0.15, -0.1) is 0 Å². The average Bonchev–Trinajstić information content (AvgIpc) is 2.18. The monoisotopic (exact) mass is 205 g/mol. The van der Waals surface area contributed by atoms with Crippen LogP contribution < -0.4 is 5.32 Å². The first kappa shape index (κ1) is 10.4. The number of anilines is 1. The number of nitrogens with one attached hydrogen (secondary N) is 1. The van der Waals surface area contributed by atoms with Crippen molar-refractivity contribution in [1.82, 2.24) is 0 Å². The van der Waals surface area contributed by atoms with E-state index in [0.717, 1.165) is 0 Å². The minimum absolute atomic E-state index is 0.347. The molecule has 0 aliphatic heterocycles. The predicted molar refractivity (Wildman–Crippen MR) is 54.9 cm³/mol. The van der Waals surface area contributed by atoms with Crippen LogP contribution in [0.2, 0.25) is 5.02 Å². The van der Waals surface area contributed by atoms with E-state index >= 15 is 0 Å². The van der Waals surface area contributed by atoms with Gasteiger partial charge in [0, 0.05) is 5.02 Å². The molecule has 0 radical (unpaired) electrons. The maximum atomic E-state index is 8.78. The van der Waals surface area contributed by atoms with Crippen LogP contribution in [-0.2, 0) is 0 Å². The average molecular weight is 206 g/mol. The van der Waals surface area contributed by atoms with Gasteiger partial charge in [-0.25, -0.2) is 0 Å². The van der Waals surface area contributed by atoms with Gasteiger partial charge in [-0.05, 0) is 25.1 Å². The van der Waals surface area contributed by atoms with E-state index in [0.29, 0.717) is 16.3 Å². The van der Waals surface area contributed by atoms with Gasteiger partial charge in [0.1, 0.15) is 12.1 Å². The number of hydrogen-bond donors (Lipinski definition) is 1. The van der Waals surface area contributed by atoms with Gasteiger partial charge < -0.3 is 5.32 Å². The van der Waals surface area contributed by atoms with Gasteiger partial charge in [0.05, 0.1) is 17.3 Å². The quantitative estimate of drug-likeness (QED) is 0.807. The van der Waals surface area contributed by atoms with Crippen molar-refractivity contribution in [2.24, 2.45) is 0 Å². The van der Waals surface area contributed by atoms with Crippen LogP contribution in [0.4, 0.5) is 5.69 Å². The molecule has 0 aliphatic rings. The van der Waals surface area contributed by atoms with Crippen LogP contribution in [-0.4, -0.2) is 6.04 Å². The summed E-state index contributed by atoms with van der Waals surface area (Å²) < 4.78 is 0. The zero-order valence-electron chi connectivity index (χ0n) is 7.58. The molecule has 1 aromatic rings. The standard InChI is InChI=1S/C10H8ClN3/c1-7(5-12)14-10-4-9(11)3-2-8(10)6-13/h2-4,7,14H,1H3. The molecule has 1 unspecified atom stereocenters. The van der Waals surface area contributed by atoms with Crippen molar-refractivity contribution in [3.63, 3.8) is 0 Å². The first-order valence-corrected chi connectivity index (χ1v) is 4.41. The zero-order valence-corrected chi connectivity index (χ0v) is 8.34. The van der Waals surface area contributed by atoms with Gasteiger partial charge in [0.25, 0.3) is 0 Å². The minimum Gasteiger partial charge on any atom is -0.369 e. The van der Waals surface area contributed by atoms with Crippen LogP contribution >= 0.6 is 11.6 Å². The Morgan fingerprint density at radius 2 is 2.14 bits per heavy atom. The first-order valence-electron chi connectivity index (χ1n) is 4.03. The fourth-order valence-corrected chi connectivity index (χ4v) is 1.17. The molecule has 4 heteroatoms. The normalized spacial score (nSPS) is 11.1. The molecule has 0 aromatic heterocycles. The smallest absolute Gasteiger partial charge is 0.111 e. The van der Waals surface area contributed by atoms with Crippen LogP contribution in [0.15, 0.2) is 18.2 Å². The van der Waals surface area contributed by atoms with Crippen molar-refractivity contribution in [1.29, 1.82) is 10.5 Å². The molecule has 1 rings (SSSR count). The maximum absolute atomic E-state index is 8.78. The highest BCUT2D eigenvalue weighted by molar-refractivity contribution is 6.30. The first-order chi connectivity index (χ1) is 6.67. The van der Waals surface area contributed by atoms with Crippen LogP contribution in [0.5, 0.6) is 0 Å². The highest BCUT2D eigenvalue weighted by Gasteiger charge is 2.05. The Kier molecular flexibility index (Phi) is 3.34. The van der Waals surface area contributed by atoms with E-state index in [1.807, 2.05) is 12.1 Å². The van der Waals surface area contributed by atoms with E-state index in [1.165, 1.54) is 0 Å². The molecular formula is C10H8ClN3. The summed E-state index contributed by atoms with van der Waals surface area (Å²) in [6.07, 6.45) is 0. The molecule has 1 atom stereocenters. The molecule has 0 aliphatic carbocycles. The molecule has 0 amide bonds. The largest absolute Gasteiger partial charge is 0.369 e. The van der Waals surface area contributed by atoms with Crippen LogP contribution in [0.1, 0.15) is 12.5 Å². The zero-order chi connectivity index (χ0) is 10.6. The van der Waals surface area contributed by atoms with Crippen LogP contribution in [0.3, 0.4) is 0 Å². The minimum atomic E-state index is -0.347. The summed E-state index contributed by atoms with van der Waals surface area (Å²) in [6.45, 7) is 1.71. The van der Waals surface area contributed by atoms with E-state index in [1.54, 1.807) is 25.1 Å². The molecule has 14 heavy (non-hydrogen) atoms. The van der Waals surface area contributed by atoms with E-state index in [4.69, 9.17) is 22.1 Å². The van der Waals surface area contributed by atoms with Gasteiger partial charge in [0.2, 0.25) is 0 Å². The maximum Gasteiger partial charge on any atom is 0.111 e. The van der Waals surface area contributed by atoms with Crippen molar-refractivity contribution >= 4 is 17.3 Å². The summed E-state index contributed by atoms with van der Waals surface area (Å²) in [7, 11) is 0. The molecule has 0 fully saturated rings. The summed E-state index contributed by atoms with van der Waals surface area (Å²) >= 11 is 5.77. The molecule has 0 saturated heterocycles. The van der Waals surface area contributed by atoms with E-state index in [-0.39, 0.29) is 6.04 Å². The van der Waals surface area contributed by atoms with E-state index in [2.05, 4.69) is 5.32 Å². The third kappa shape index (κ3) is 2.39. The molecule has 0 heterocycles. The summed E-state index contributed by atoms with van der Waals surface area (Å²) in [6, 6.07) is 8.59. The number of nitriles is 2. The van der Waals surface area contributed by atoms with Gasteiger partial charge in [-0.3, -0.25) is 0 Å². The van der Waals surface area contributed by atoms with Crippen molar-refractivity contribution in [3.05, 3.63) is 28.8 Å². The summed E-state index contributed by atoms with van der Waals surface area (Å²) in [5.41, 5.74) is 1.07. The van der Waals surface area contributed by atoms with Crippen LogP contribution in [0, 0.1) is 22.7 Å². The summed E-state index contributed by atoms with van der Waals surface area (Å²) in [4.78, 5) is 0. The lowest BCUT2D eigenvalue weighted by Gasteiger charge is -2.09. The Balaban J connectivity index is 3.02. The molecule has 1 N–H and O–H groups in total. The van der Waals surface area contributed by atoms with Crippen molar-refractivity contribution in [2.45, 2.75) is 13.0 Å². The van der Waals surface area contributed by atoms with E-state index < -0.39 is 0 Å². The van der Waals surface area contributed by atoms with E-state index in [9.17, 15) is 0 Å². The summed E-state index contributed by atoms with van der Waals surface area (Å²) in [5.74, 6) is 0. The number of hydrogen-bond acceptors (Lipinski definition) is 3. The number of halogens is 1. The molecule has 70 valence electrons. The highest BCUT2D eigenvalue weighted by Crippen LogP contribution is 2.20. The van der Waals surface area contributed by atoms with Gasteiger partial charge in [-0.2, -0.15) is 10.5 Å². The molecule has 0 spiro atoms. The Bertz CT molecular complexity index is 414. The summed E-state index contributed by atoms with van der Waals surface area (Å²) in [5, 5.41) is 20.8. The van der Waals surface area contributed by atoms with Crippen molar-refractivity contribution < 1.29 is 0 Å². The Morgan fingerprint density at radius 1 is 1.43 bits per heavy atom. The second kappa shape index (κ2) is 4.50. The predicted octanol–water partition coefficient (Wildman–Crippen LogP) is 2.54. The number of benzene rings is 1. The molecule has 0 bridgehead atoms. The van der Waals surface area contributed by atoms with Crippen molar-refractivity contribution in [3.8, 4) is 12.1 Å². The number of rotatable bonds is 2. The lowest BCUT2D eigenvalue weighted by atomic mass is 10.2. The molecule has 0 saturated carbocycles. The Labute approximate surface area is 87.5 Å². The molecular weight excluding hydrogens is 198 g/mol. The fraction of sp³-hybridized carbons (Fsp3) is 0.200. The lowest BCUT2D eigenvalue weighted by Crippen LogP contribution is -2.12. The SMILES string of the molecule is CC(C#N)Nc1cc(Cl)ccc1C#N. The third-order valence-corrected chi connectivity index (χ3v) is 1.90. The highest BCUT2D eigenvalue weighted by atomic mass is 35.5. The Morgan fingerprint density at radius 3 is 2.71 bits per heavy atom. The van der Waals surface area contributed by atoms with Gasteiger partial charge >= 0.3 is 0 Å². The lowest BCUT2D eigenvalue weighted by molar-refractivity contribution is 1.01. The van der Waals surface area contributed by atoms with Crippen molar-refractivity contribution in [2.75, 3.05) is 5.32 Å². The van der Waals surface area contributed by atoms with Gasteiger partial charge in [-0.1, -0.05) is 11.6 Å². The second-order valence-electron chi connectivity index (χ2n) is 2.80. The second-order valence-corrected chi connectivity index (χ2v) is 3.23. The number of nitrogens with zero attached hydrogens (tertiary/aromatic N) is 2. The molecule has 3 nitrogen and oxygen atoms in total. The fourth-order valence-electron chi connectivity index (χ4n) is 0.999.